The second-order valence-electron chi connectivity index (χ2n) is 6.80. The first kappa shape index (κ1) is 19.5. The molecule has 1 fully saturated rings. The Morgan fingerprint density at radius 1 is 1.00 bits per heavy atom. The molecule has 0 saturated carbocycles. The lowest BCUT2D eigenvalue weighted by Gasteiger charge is -2.27. The van der Waals surface area contributed by atoms with Gasteiger partial charge in [-0.15, -0.1) is 0 Å². The van der Waals surface area contributed by atoms with Crippen LogP contribution in [0.25, 0.3) is 0 Å². The molecule has 1 saturated heterocycles. The van der Waals surface area contributed by atoms with Crippen LogP contribution in [0.2, 0.25) is 0 Å². The van der Waals surface area contributed by atoms with Gasteiger partial charge in [-0.25, -0.2) is 0 Å². The monoisotopic (exact) mass is 371 g/mol. The van der Waals surface area contributed by atoms with Gasteiger partial charge in [-0.05, 0) is 68.3 Å². The van der Waals surface area contributed by atoms with Gasteiger partial charge in [0.05, 0.1) is 13.7 Å². The van der Waals surface area contributed by atoms with Gasteiger partial charge in [0.25, 0.3) is 0 Å². The number of ether oxygens (including phenoxy) is 3. The lowest BCUT2D eigenvalue weighted by molar-refractivity contribution is 0.0638. The summed E-state index contributed by atoms with van der Waals surface area (Å²) in [5, 5.41) is 10.4. The standard InChI is InChI=1S/C22H29NO4/c1-3-26-20-8-6-17(7-9-20)22-5-4-14-23(22)15-18(24)16-27-21-12-10-19(25-2)11-13-21/h6-13,18,22,24H,3-5,14-16H2,1-2H3. The van der Waals surface area contributed by atoms with Gasteiger partial charge in [0.2, 0.25) is 0 Å². The van der Waals surface area contributed by atoms with Crippen LogP contribution in [0.3, 0.4) is 0 Å². The van der Waals surface area contributed by atoms with Crippen LogP contribution in [0.15, 0.2) is 48.5 Å². The topological polar surface area (TPSA) is 51.2 Å². The number of likely N-dealkylation sites (tertiary alicyclic amines) is 1. The minimum absolute atomic E-state index is 0.277. The highest BCUT2D eigenvalue weighted by molar-refractivity contribution is 5.31. The molecule has 0 spiro atoms. The first-order valence-corrected chi connectivity index (χ1v) is 9.61. The van der Waals surface area contributed by atoms with Crippen LogP contribution in [0.5, 0.6) is 17.2 Å². The number of hydrogen-bond acceptors (Lipinski definition) is 5. The van der Waals surface area contributed by atoms with Crippen molar-refractivity contribution in [2.24, 2.45) is 0 Å². The van der Waals surface area contributed by atoms with E-state index < -0.39 is 6.10 Å². The maximum atomic E-state index is 10.4. The zero-order valence-electron chi connectivity index (χ0n) is 16.1. The molecule has 27 heavy (non-hydrogen) atoms. The van der Waals surface area contributed by atoms with E-state index in [1.807, 2.05) is 43.3 Å². The van der Waals surface area contributed by atoms with Crippen molar-refractivity contribution >= 4 is 0 Å². The molecule has 0 bridgehead atoms. The maximum absolute atomic E-state index is 10.4. The van der Waals surface area contributed by atoms with Gasteiger partial charge in [0.15, 0.2) is 0 Å². The van der Waals surface area contributed by atoms with Crippen molar-refractivity contribution in [3.05, 3.63) is 54.1 Å². The zero-order chi connectivity index (χ0) is 19.1. The molecule has 146 valence electrons. The molecule has 2 aromatic carbocycles. The molecule has 1 aliphatic rings. The van der Waals surface area contributed by atoms with E-state index >= 15 is 0 Å². The highest BCUT2D eigenvalue weighted by Gasteiger charge is 2.27. The van der Waals surface area contributed by atoms with Crippen molar-refractivity contribution in [1.29, 1.82) is 0 Å². The molecular formula is C22H29NO4. The third-order valence-electron chi connectivity index (χ3n) is 4.89. The molecule has 1 N–H and O–H groups in total. The number of methoxy groups -OCH3 is 1. The van der Waals surface area contributed by atoms with Gasteiger partial charge in [0, 0.05) is 12.6 Å². The average molecular weight is 371 g/mol. The smallest absolute Gasteiger partial charge is 0.119 e. The minimum atomic E-state index is -0.532. The number of nitrogens with zero attached hydrogens (tertiary/aromatic N) is 1. The Morgan fingerprint density at radius 3 is 2.30 bits per heavy atom. The summed E-state index contributed by atoms with van der Waals surface area (Å²) in [7, 11) is 1.64. The van der Waals surface area contributed by atoms with Crippen molar-refractivity contribution in [3.63, 3.8) is 0 Å². The summed E-state index contributed by atoms with van der Waals surface area (Å²) >= 11 is 0. The highest BCUT2D eigenvalue weighted by atomic mass is 16.5. The SMILES string of the molecule is CCOc1ccc(C2CCCN2CC(O)COc2ccc(OC)cc2)cc1. The molecule has 3 rings (SSSR count). The van der Waals surface area contributed by atoms with E-state index in [-0.39, 0.29) is 6.61 Å². The fraction of sp³-hybridized carbons (Fsp3) is 0.455. The Kier molecular flexibility index (Phi) is 6.96. The summed E-state index contributed by atoms with van der Waals surface area (Å²) in [6.07, 6.45) is 1.72. The van der Waals surface area contributed by atoms with E-state index in [2.05, 4.69) is 17.0 Å². The van der Waals surface area contributed by atoms with E-state index in [9.17, 15) is 5.11 Å². The molecule has 0 radical (unpaired) electrons. The molecule has 0 aromatic heterocycles. The van der Waals surface area contributed by atoms with Crippen LogP contribution >= 0.6 is 0 Å². The van der Waals surface area contributed by atoms with Gasteiger partial charge >= 0.3 is 0 Å². The Morgan fingerprint density at radius 2 is 1.63 bits per heavy atom. The highest BCUT2D eigenvalue weighted by Crippen LogP contribution is 2.32. The van der Waals surface area contributed by atoms with Crippen LogP contribution in [-0.4, -0.2) is 49.5 Å². The molecular weight excluding hydrogens is 342 g/mol. The second-order valence-corrected chi connectivity index (χ2v) is 6.80. The molecule has 5 heteroatoms. The van der Waals surface area contributed by atoms with E-state index in [0.717, 1.165) is 36.6 Å². The third-order valence-corrected chi connectivity index (χ3v) is 4.89. The van der Waals surface area contributed by atoms with Crippen molar-refractivity contribution in [3.8, 4) is 17.2 Å². The van der Waals surface area contributed by atoms with E-state index in [0.29, 0.717) is 19.2 Å². The second kappa shape index (κ2) is 9.62. The molecule has 5 nitrogen and oxygen atoms in total. The quantitative estimate of drug-likeness (QED) is 0.729. The summed E-state index contributed by atoms with van der Waals surface area (Å²) < 4.78 is 16.4. The Bertz CT molecular complexity index is 686. The summed E-state index contributed by atoms with van der Waals surface area (Å²) in [6, 6.07) is 16.1. The van der Waals surface area contributed by atoms with Gasteiger partial charge in [-0.3, -0.25) is 4.90 Å². The molecule has 2 aromatic rings. The Balaban J connectivity index is 1.52. The van der Waals surface area contributed by atoms with E-state index in [1.165, 1.54) is 5.56 Å². The summed E-state index contributed by atoms with van der Waals surface area (Å²) in [5.74, 6) is 2.43. The predicted molar refractivity (Wildman–Crippen MR) is 106 cm³/mol. The van der Waals surface area contributed by atoms with Crippen molar-refractivity contribution < 1.29 is 19.3 Å². The fourth-order valence-corrected chi connectivity index (χ4v) is 3.56. The maximum Gasteiger partial charge on any atom is 0.119 e. The lowest BCUT2D eigenvalue weighted by atomic mass is 10.0. The predicted octanol–water partition coefficient (Wildman–Crippen LogP) is 3.67. The molecule has 2 unspecified atom stereocenters. The molecule has 1 heterocycles. The molecule has 1 aliphatic heterocycles. The molecule has 0 amide bonds. The van der Waals surface area contributed by atoms with Crippen LogP contribution in [0.1, 0.15) is 31.4 Å². The van der Waals surface area contributed by atoms with Crippen LogP contribution in [-0.2, 0) is 0 Å². The summed E-state index contributed by atoms with van der Waals surface area (Å²) in [5.41, 5.74) is 1.28. The third kappa shape index (κ3) is 5.37. The number of aliphatic hydroxyl groups excluding tert-OH is 1. The first-order chi connectivity index (χ1) is 13.2. The Labute approximate surface area is 161 Å². The average Bonchev–Trinajstić information content (AvgIpc) is 3.15. The number of rotatable bonds is 9. The summed E-state index contributed by atoms with van der Waals surface area (Å²) in [4.78, 5) is 2.34. The van der Waals surface area contributed by atoms with Gasteiger partial charge in [-0.1, -0.05) is 12.1 Å². The van der Waals surface area contributed by atoms with Crippen molar-refractivity contribution in [2.75, 3.05) is 33.4 Å². The zero-order valence-corrected chi connectivity index (χ0v) is 16.1. The number of β-amino-alcohol motifs (C(OH)–C–C–N with tert-alkyl or cyclic N) is 1. The van der Waals surface area contributed by atoms with Crippen molar-refractivity contribution in [1.82, 2.24) is 4.90 Å². The number of benzene rings is 2. The van der Waals surface area contributed by atoms with Gasteiger partial charge < -0.3 is 19.3 Å². The number of aliphatic hydroxyl groups is 1. The minimum Gasteiger partial charge on any atom is -0.497 e. The first-order valence-electron chi connectivity index (χ1n) is 9.61. The van der Waals surface area contributed by atoms with Gasteiger partial charge in [-0.2, -0.15) is 0 Å². The van der Waals surface area contributed by atoms with E-state index in [1.54, 1.807) is 7.11 Å². The Hall–Kier alpha value is -2.24. The van der Waals surface area contributed by atoms with Crippen LogP contribution in [0, 0.1) is 0 Å². The lowest BCUT2D eigenvalue weighted by Crippen LogP contribution is -2.35. The van der Waals surface area contributed by atoms with Gasteiger partial charge in [0.1, 0.15) is 30.0 Å². The molecule has 2 atom stereocenters. The molecule has 0 aliphatic carbocycles. The van der Waals surface area contributed by atoms with Crippen LogP contribution < -0.4 is 14.2 Å². The summed E-state index contributed by atoms with van der Waals surface area (Å²) in [6.45, 7) is 4.54. The largest absolute Gasteiger partial charge is 0.497 e. The fourth-order valence-electron chi connectivity index (χ4n) is 3.56. The van der Waals surface area contributed by atoms with Crippen LogP contribution in [0.4, 0.5) is 0 Å². The van der Waals surface area contributed by atoms with Crippen molar-refractivity contribution in [2.45, 2.75) is 31.9 Å². The normalized spacial score (nSPS) is 18.3. The number of hydrogen-bond donors (Lipinski definition) is 1. The van der Waals surface area contributed by atoms with E-state index in [4.69, 9.17) is 14.2 Å².